The Bertz CT molecular complexity index is 316. The van der Waals surface area contributed by atoms with Gasteiger partial charge in [0.2, 0.25) is 5.91 Å². The monoisotopic (exact) mass is 272 g/mol. The average Bonchev–Trinajstić information content (AvgIpc) is 2.37. The van der Waals surface area contributed by atoms with E-state index in [1.54, 1.807) is 4.90 Å². The Morgan fingerprint density at radius 1 is 1.50 bits per heavy atom. The third kappa shape index (κ3) is 3.42. The normalized spacial score (nSPS) is 20.2. The maximum Gasteiger partial charge on any atom is 0.235 e. The Morgan fingerprint density at radius 2 is 2.06 bits per heavy atom. The van der Waals surface area contributed by atoms with Crippen LogP contribution >= 0.6 is 12.2 Å². The first-order chi connectivity index (χ1) is 8.41. The number of carbonyl (C=O) groups is 1. The molecule has 1 rings (SSSR count). The molecule has 0 saturated carbocycles. The predicted molar refractivity (Wildman–Crippen MR) is 76.4 cm³/mol. The van der Waals surface area contributed by atoms with Crippen LogP contribution < -0.4 is 5.73 Å². The van der Waals surface area contributed by atoms with E-state index in [0.717, 1.165) is 32.6 Å². The molecular formula is C13H24N2O2S. The molecule has 0 bridgehead atoms. The van der Waals surface area contributed by atoms with Crippen LogP contribution in [0.3, 0.4) is 0 Å². The van der Waals surface area contributed by atoms with Crippen molar-refractivity contribution in [3.8, 4) is 0 Å². The molecular weight excluding hydrogens is 248 g/mol. The maximum absolute atomic E-state index is 12.4. The van der Waals surface area contributed by atoms with Gasteiger partial charge in [-0.1, -0.05) is 19.1 Å². The number of hydrogen-bond donors (Lipinski definition) is 1. The SMILES string of the molecule is CCC(C)(C(=O)N(C)CC1CCOCC1)C(N)=S. The molecule has 0 aromatic rings. The molecule has 1 heterocycles. The Balaban J connectivity index is 2.61. The van der Waals surface area contributed by atoms with Crippen LogP contribution in [0.25, 0.3) is 0 Å². The van der Waals surface area contributed by atoms with Crippen LogP contribution in [0.4, 0.5) is 0 Å². The van der Waals surface area contributed by atoms with Gasteiger partial charge in [-0.25, -0.2) is 0 Å². The third-order valence-corrected chi connectivity index (χ3v) is 4.39. The quantitative estimate of drug-likeness (QED) is 0.772. The summed E-state index contributed by atoms with van der Waals surface area (Å²) in [5.74, 6) is 0.559. The molecule has 1 fully saturated rings. The van der Waals surface area contributed by atoms with Crippen molar-refractivity contribution in [2.24, 2.45) is 17.1 Å². The summed E-state index contributed by atoms with van der Waals surface area (Å²) in [5.41, 5.74) is 5.00. The zero-order valence-corrected chi connectivity index (χ0v) is 12.4. The summed E-state index contributed by atoms with van der Waals surface area (Å²) >= 11 is 5.04. The molecule has 1 unspecified atom stereocenters. The Kier molecular flexibility index (Phi) is 5.53. The summed E-state index contributed by atoms with van der Waals surface area (Å²) in [4.78, 5) is 14.5. The first-order valence-corrected chi connectivity index (χ1v) is 6.95. The van der Waals surface area contributed by atoms with Gasteiger partial charge in [-0.2, -0.15) is 0 Å². The smallest absolute Gasteiger partial charge is 0.235 e. The zero-order chi connectivity index (χ0) is 13.8. The molecule has 1 amide bonds. The lowest BCUT2D eigenvalue weighted by Gasteiger charge is -2.33. The van der Waals surface area contributed by atoms with E-state index in [4.69, 9.17) is 22.7 Å². The summed E-state index contributed by atoms with van der Waals surface area (Å²) in [5, 5.41) is 0. The van der Waals surface area contributed by atoms with E-state index in [-0.39, 0.29) is 10.9 Å². The molecule has 1 aliphatic rings. The van der Waals surface area contributed by atoms with Gasteiger partial charge in [-0.15, -0.1) is 0 Å². The van der Waals surface area contributed by atoms with Crippen LogP contribution in [0.2, 0.25) is 0 Å². The highest BCUT2D eigenvalue weighted by Crippen LogP contribution is 2.25. The van der Waals surface area contributed by atoms with Crippen LogP contribution in [0.5, 0.6) is 0 Å². The second kappa shape index (κ2) is 6.48. The molecule has 0 aromatic carbocycles. The van der Waals surface area contributed by atoms with E-state index in [1.807, 2.05) is 20.9 Å². The van der Waals surface area contributed by atoms with Crippen molar-refractivity contribution >= 4 is 23.1 Å². The van der Waals surface area contributed by atoms with Gasteiger partial charge in [0.25, 0.3) is 0 Å². The first kappa shape index (κ1) is 15.4. The van der Waals surface area contributed by atoms with Gasteiger partial charge in [-0.05, 0) is 32.1 Å². The minimum absolute atomic E-state index is 0.0315. The largest absolute Gasteiger partial charge is 0.392 e. The van der Waals surface area contributed by atoms with Crippen molar-refractivity contribution in [2.75, 3.05) is 26.8 Å². The van der Waals surface area contributed by atoms with Gasteiger partial charge in [0, 0.05) is 26.8 Å². The minimum atomic E-state index is -0.713. The number of thiocarbonyl (C=S) groups is 1. The molecule has 0 aromatic heterocycles. The molecule has 5 heteroatoms. The van der Waals surface area contributed by atoms with Crippen molar-refractivity contribution in [2.45, 2.75) is 33.1 Å². The maximum atomic E-state index is 12.4. The summed E-state index contributed by atoms with van der Waals surface area (Å²) < 4.78 is 5.32. The predicted octanol–water partition coefficient (Wildman–Crippen LogP) is 1.57. The molecule has 4 nitrogen and oxygen atoms in total. The number of amides is 1. The first-order valence-electron chi connectivity index (χ1n) is 6.55. The summed E-state index contributed by atoms with van der Waals surface area (Å²) in [7, 11) is 1.84. The van der Waals surface area contributed by atoms with Crippen LogP contribution in [0.15, 0.2) is 0 Å². The second-order valence-corrected chi connectivity index (χ2v) is 5.73. The third-order valence-electron chi connectivity index (χ3n) is 3.94. The molecule has 0 spiro atoms. The average molecular weight is 272 g/mol. The number of nitrogens with zero attached hydrogens (tertiary/aromatic N) is 1. The lowest BCUT2D eigenvalue weighted by Crippen LogP contribution is -2.48. The van der Waals surface area contributed by atoms with Crippen LogP contribution in [-0.4, -0.2) is 42.6 Å². The lowest BCUT2D eigenvalue weighted by molar-refractivity contribution is -0.137. The van der Waals surface area contributed by atoms with Crippen LogP contribution in [0.1, 0.15) is 33.1 Å². The highest BCUT2D eigenvalue weighted by atomic mass is 32.1. The minimum Gasteiger partial charge on any atom is -0.392 e. The fraction of sp³-hybridized carbons (Fsp3) is 0.846. The molecule has 1 atom stereocenters. The van der Waals surface area contributed by atoms with Crippen LogP contribution in [-0.2, 0) is 9.53 Å². The van der Waals surface area contributed by atoms with Gasteiger partial charge < -0.3 is 15.4 Å². The Labute approximate surface area is 115 Å². The van der Waals surface area contributed by atoms with Crippen molar-refractivity contribution in [3.05, 3.63) is 0 Å². The second-order valence-electron chi connectivity index (χ2n) is 5.29. The van der Waals surface area contributed by atoms with E-state index in [9.17, 15) is 4.79 Å². The number of hydrogen-bond acceptors (Lipinski definition) is 3. The summed E-state index contributed by atoms with van der Waals surface area (Å²) in [6, 6.07) is 0. The topological polar surface area (TPSA) is 55.6 Å². The summed E-state index contributed by atoms with van der Waals surface area (Å²) in [6.07, 6.45) is 2.68. The van der Waals surface area contributed by atoms with E-state index in [2.05, 4.69) is 0 Å². The van der Waals surface area contributed by atoms with Crippen molar-refractivity contribution < 1.29 is 9.53 Å². The fourth-order valence-corrected chi connectivity index (χ4v) is 2.48. The van der Waals surface area contributed by atoms with Crippen molar-refractivity contribution in [3.63, 3.8) is 0 Å². The van der Waals surface area contributed by atoms with Gasteiger partial charge >= 0.3 is 0 Å². The van der Waals surface area contributed by atoms with Gasteiger partial charge in [-0.3, -0.25) is 4.79 Å². The fourth-order valence-electron chi connectivity index (χ4n) is 2.25. The number of nitrogens with two attached hydrogens (primary N) is 1. The van der Waals surface area contributed by atoms with Gasteiger partial charge in [0.15, 0.2) is 0 Å². The summed E-state index contributed by atoms with van der Waals surface area (Å²) in [6.45, 7) is 6.14. The van der Waals surface area contributed by atoms with Gasteiger partial charge in [0.05, 0.1) is 10.4 Å². The number of ether oxygens (including phenoxy) is 1. The standard InChI is InChI=1S/C13H24N2O2S/c1-4-13(2,11(14)18)12(16)15(3)9-10-5-7-17-8-6-10/h10H,4-9H2,1-3H3,(H2,14,18). The molecule has 104 valence electrons. The Hall–Kier alpha value is -0.680. The molecule has 2 N–H and O–H groups in total. The van der Waals surface area contributed by atoms with Gasteiger partial charge in [0.1, 0.15) is 0 Å². The number of carbonyl (C=O) groups excluding carboxylic acids is 1. The highest BCUT2D eigenvalue weighted by Gasteiger charge is 2.37. The zero-order valence-electron chi connectivity index (χ0n) is 11.6. The van der Waals surface area contributed by atoms with E-state index in [0.29, 0.717) is 12.3 Å². The van der Waals surface area contributed by atoms with E-state index >= 15 is 0 Å². The number of rotatable bonds is 5. The van der Waals surface area contributed by atoms with E-state index in [1.165, 1.54) is 0 Å². The lowest BCUT2D eigenvalue weighted by atomic mass is 9.85. The van der Waals surface area contributed by atoms with E-state index < -0.39 is 5.41 Å². The molecule has 1 aliphatic heterocycles. The molecule has 1 saturated heterocycles. The molecule has 0 radical (unpaired) electrons. The molecule has 0 aliphatic carbocycles. The Morgan fingerprint density at radius 3 is 2.50 bits per heavy atom. The van der Waals surface area contributed by atoms with Crippen molar-refractivity contribution in [1.82, 2.24) is 4.90 Å². The highest BCUT2D eigenvalue weighted by molar-refractivity contribution is 7.80. The van der Waals surface area contributed by atoms with Crippen molar-refractivity contribution in [1.29, 1.82) is 0 Å². The molecule has 18 heavy (non-hydrogen) atoms. The van der Waals surface area contributed by atoms with Crippen LogP contribution in [0, 0.1) is 11.3 Å².